The number of aliphatic hydroxyl groups excluding tert-OH is 2. The lowest BCUT2D eigenvalue weighted by Gasteiger charge is -2.51. The maximum atomic E-state index is 12.0. The van der Waals surface area contributed by atoms with Gasteiger partial charge in [0.25, 0.3) is 0 Å². The average molecular weight is 332 g/mol. The molecule has 3 saturated carbocycles. The topological polar surface area (TPSA) is 94.8 Å². The summed E-state index contributed by atoms with van der Waals surface area (Å²) >= 11 is 0. The van der Waals surface area contributed by atoms with Crippen LogP contribution in [-0.2, 0) is 9.59 Å². The van der Waals surface area contributed by atoms with E-state index in [0.717, 1.165) is 18.4 Å². The van der Waals surface area contributed by atoms with Gasteiger partial charge in [-0.1, -0.05) is 11.6 Å². The Morgan fingerprint density at radius 2 is 2.00 bits per heavy atom. The van der Waals surface area contributed by atoms with Crippen molar-refractivity contribution in [2.75, 3.05) is 0 Å². The molecule has 3 fully saturated rings. The summed E-state index contributed by atoms with van der Waals surface area (Å²) < 4.78 is 0. The Bertz CT molecular complexity index is 650. The Balaban J connectivity index is 1.69. The molecule has 0 bridgehead atoms. The SMILES string of the molecule is CC(=O)[C@]1(O)C2C[C@H](O)C3C4C=CC(=O)C=C4CCC3C2C[C@H]1O. The Morgan fingerprint density at radius 3 is 2.71 bits per heavy atom. The van der Waals surface area contributed by atoms with Crippen LogP contribution in [0.25, 0.3) is 0 Å². The van der Waals surface area contributed by atoms with Gasteiger partial charge >= 0.3 is 0 Å². The lowest BCUT2D eigenvalue weighted by molar-refractivity contribution is -0.159. The molecule has 5 heteroatoms. The zero-order valence-corrected chi connectivity index (χ0v) is 13.8. The highest BCUT2D eigenvalue weighted by Crippen LogP contribution is 2.58. The summed E-state index contributed by atoms with van der Waals surface area (Å²) in [7, 11) is 0. The van der Waals surface area contributed by atoms with E-state index in [2.05, 4.69) is 0 Å². The van der Waals surface area contributed by atoms with Crippen LogP contribution >= 0.6 is 0 Å². The molecule has 0 aromatic heterocycles. The van der Waals surface area contributed by atoms with Gasteiger partial charge in [0.05, 0.1) is 12.2 Å². The van der Waals surface area contributed by atoms with E-state index in [4.69, 9.17) is 0 Å². The van der Waals surface area contributed by atoms with Crippen molar-refractivity contribution < 1.29 is 24.9 Å². The van der Waals surface area contributed by atoms with Crippen LogP contribution in [0.5, 0.6) is 0 Å². The number of carbonyl (C=O) groups excluding carboxylic acids is 2. The number of aliphatic hydroxyl groups is 3. The van der Waals surface area contributed by atoms with Gasteiger partial charge in [-0.3, -0.25) is 9.59 Å². The highest BCUT2D eigenvalue weighted by molar-refractivity contribution is 6.00. The molecule has 0 heterocycles. The van der Waals surface area contributed by atoms with E-state index in [9.17, 15) is 24.9 Å². The number of hydrogen-bond acceptors (Lipinski definition) is 5. The molecule has 0 amide bonds. The van der Waals surface area contributed by atoms with Crippen molar-refractivity contribution in [3.8, 4) is 0 Å². The molecule has 5 unspecified atom stereocenters. The molecule has 4 aliphatic carbocycles. The molecule has 4 aliphatic rings. The molecule has 0 radical (unpaired) electrons. The van der Waals surface area contributed by atoms with E-state index >= 15 is 0 Å². The number of hydrogen-bond donors (Lipinski definition) is 3. The third kappa shape index (κ3) is 2.04. The van der Waals surface area contributed by atoms with Crippen LogP contribution < -0.4 is 0 Å². The summed E-state index contributed by atoms with van der Waals surface area (Å²) in [6.45, 7) is 1.32. The third-order valence-corrected chi connectivity index (χ3v) is 7.04. The first-order chi connectivity index (χ1) is 11.3. The monoisotopic (exact) mass is 332 g/mol. The third-order valence-electron chi connectivity index (χ3n) is 7.04. The second kappa shape index (κ2) is 5.35. The largest absolute Gasteiger partial charge is 0.393 e. The first-order valence-electron chi connectivity index (χ1n) is 8.86. The Morgan fingerprint density at radius 1 is 1.25 bits per heavy atom. The Labute approximate surface area is 141 Å². The van der Waals surface area contributed by atoms with Crippen molar-refractivity contribution in [1.82, 2.24) is 0 Å². The van der Waals surface area contributed by atoms with Crippen LogP contribution in [0.4, 0.5) is 0 Å². The normalized spacial score (nSPS) is 49.9. The number of ketones is 2. The number of Topliss-reactive ketones (excluding diaryl/α,β-unsaturated/α-hetero) is 1. The zero-order valence-electron chi connectivity index (χ0n) is 13.8. The van der Waals surface area contributed by atoms with Crippen molar-refractivity contribution in [2.45, 2.75) is 50.4 Å². The molecule has 0 aliphatic heterocycles. The van der Waals surface area contributed by atoms with Crippen molar-refractivity contribution in [3.05, 3.63) is 23.8 Å². The molecule has 0 aromatic carbocycles. The van der Waals surface area contributed by atoms with E-state index in [0.29, 0.717) is 12.8 Å². The molecule has 0 aromatic rings. The van der Waals surface area contributed by atoms with E-state index in [1.54, 1.807) is 12.2 Å². The van der Waals surface area contributed by atoms with Gasteiger partial charge in [-0.05, 0) is 62.5 Å². The maximum absolute atomic E-state index is 12.0. The minimum Gasteiger partial charge on any atom is -0.393 e. The summed E-state index contributed by atoms with van der Waals surface area (Å²) in [5, 5.41) is 32.0. The summed E-state index contributed by atoms with van der Waals surface area (Å²) in [6, 6.07) is 0. The number of fused-ring (bicyclic) bond motifs is 5. The quantitative estimate of drug-likeness (QED) is 0.659. The molecular formula is C19H24O5. The summed E-state index contributed by atoms with van der Waals surface area (Å²) in [6.07, 6.45) is 5.82. The molecule has 130 valence electrons. The minimum absolute atomic E-state index is 0.00268. The maximum Gasteiger partial charge on any atom is 0.178 e. The number of rotatable bonds is 1. The van der Waals surface area contributed by atoms with Gasteiger partial charge in [-0.25, -0.2) is 0 Å². The average Bonchev–Trinajstić information content (AvgIpc) is 2.80. The smallest absolute Gasteiger partial charge is 0.178 e. The summed E-state index contributed by atoms with van der Waals surface area (Å²) in [4.78, 5) is 23.6. The van der Waals surface area contributed by atoms with Crippen LogP contribution in [0.1, 0.15) is 32.6 Å². The van der Waals surface area contributed by atoms with Crippen molar-refractivity contribution in [2.24, 2.45) is 29.6 Å². The van der Waals surface area contributed by atoms with Crippen LogP contribution in [0.15, 0.2) is 23.8 Å². The van der Waals surface area contributed by atoms with Crippen LogP contribution in [0.3, 0.4) is 0 Å². The fourth-order valence-corrected chi connectivity index (χ4v) is 6.00. The second-order valence-corrected chi connectivity index (χ2v) is 7.99. The van der Waals surface area contributed by atoms with Crippen molar-refractivity contribution >= 4 is 11.6 Å². The highest BCUT2D eigenvalue weighted by Gasteiger charge is 2.63. The second-order valence-electron chi connectivity index (χ2n) is 7.99. The standard InChI is InChI=1S/C19H24O5/c1-9(20)19(24)15-8-16(22)18-12-5-3-11(21)6-10(12)2-4-13(18)14(15)7-17(19)23/h3,5-6,12-18,22-24H,2,4,7-8H2,1H3/t12?,13?,14?,15?,16-,17+,18?,19-/m0/s1. The minimum atomic E-state index is -1.73. The van der Waals surface area contributed by atoms with Gasteiger partial charge < -0.3 is 15.3 Å². The first-order valence-corrected chi connectivity index (χ1v) is 8.86. The summed E-state index contributed by atoms with van der Waals surface area (Å²) in [5.74, 6) is -0.548. The zero-order chi connectivity index (χ0) is 17.2. The van der Waals surface area contributed by atoms with E-state index in [1.807, 2.05) is 6.08 Å². The first kappa shape index (κ1) is 16.2. The fraction of sp³-hybridized carbons (Fsp3) is 0.684. The van der Waals surface area contributed by atoms with Crippen LogP contribution in [-0.4, -0.2) is 44.7 Å². The van der Waals surface area contributed by atoms with Gasteiger partial charge in [0.1, 0.15) is 0 Å². The lowest BCUT2D eigenvalue weighted by atomic mass is 9.55. The molecule has 3 N–H and O–H groups in total. The summed E-state index contributed by atoms with van der Waals surface area (Å²) in [5.41, 5.74) is -0.646. The molecule has 5 nitrogen and oxygen atoms in total. The highest BCUT2D eigenvalue weighted by atomic mass is 16.4. The van der Waals surface area contributed by atoms with E-state index in [-0.39, 0.29) is 35.4 Å². The molecule has 24 heavy (non-hydrogen) atoms. The molecular weight excluding hydrogens is 308 g/mol. The predicted molar refractivity (Wildman–Crippen MR) is 85.8 cm³/mol. The lowest BCUT2D eigenvalue weighted by Crippen LogP contribution is -2.55. The number of allylic oxidation sites excluding steroid dienone is 4. The molecule has 0 saturated heterocycles. The Hall–Kier alpha value is -1.30. The van der Waals surface area contributed by atoms with Crippen molar-refractivity contribution in [1.29, 1.82) is 0 Å². The Kier molecular flexibility index (Phi) is 3.61. The number of carbonyl (C=O) groups is 2. The molecule has 4 rings (SSSR count). The van der Waals surface area contributed by atoms with E-state index < -0.39 is 23.6 Å². The van der Waals surface area contributed by atoms with Gasteiger partial charge in [0, 0.05) is 11.8 Å². The molecule has 8 atom stereocenters. The van der Waals surface area contributed by atoms with Crippen LogP contribution in [0.2, 0.25) is 0 Å². The van der Waals surface area contributed by atoms with Crippen LogP contribution in [0, 0.1) is 29.6 Å². The van der Waals surface area contributed by atoms with E-state index in [1.165, 1.54) is 6.92 Å². The molecule has 0 spiro atoms. The fourth-order valence-electron chi connectivity index (χ4n) is 6.00. The van der Waals surface area contributed by atoms with Gasteiger partial charge in [0.15, 0.2) is 17.2 Å². The van der Waals surface area contributed by atoms with Gasteiger partial charge in [0.2, 0.25) is 0 Å². The van der Waals surface area contributed by atoms with Crippen molar-refractivity contribution in [3.63, 3.8) is 0 Å². The van der Waals surface area contributed by atoms with Gasteiger partial charge in [-0.15, -0.1) is 0 Å². The predicted octanol–water partition coefficient (Wildman–Crippen LogP) is 0.776. The van der Waals surface area contributed by atoms with Gasteiger partial charge in [-0.2, -0.15) is 0 Å².